The van der Waals surface area contributed by atoms with Crippen molar-refractivity contribution in [1.82, 2.24) is 10.2 Å². The van der Waals surface area contributed by atoms with Gasteiger partial charge in [0.15, 0.2) is 0 Å². The van der Waals surface area contributed by atoms with Gasteiger partial charge in [-0.1, -0.05) is 20.3 Å². The molecule has 0 aliphatic heterocycles. The van der Waals surface area contributed by atoms with Crippen LogP contribution in [0.1, 0.15) is 46.0 Å². The van der Waals surface area contributed by atoms with Crippen molar-refractivity contribution in [3.05, 3.63) is 0 Å². The monoisotopic (exact) mass is 296 g/mol. The van der Waals surface area contributed by atoms with Gasteiger partial charge in [0.1, 0.15) is 6.04 Å². The number of methoxy groups -OCH3 is 1. The summed E-state index contributed by atoms with van der Waals surface area (Å²) < 4.78 is 4.90. The predicted octanol–water partition coefficient (Wildman–Crippen LogP) is 2.28. The van der Waals surface area contributed by atoms with Crippen LogP contribution in [0.2, 0.25) is 0 Å². The molecule has 0 saturated heterocycles. The van der Waals surface area contributed by atoms with Gasteiger partial charge >= 0.3 is 5.97 Å². The lowest BCUT2D eigenvalue weighted by molar-refractivity contribution is -0.143. The van der Waals surface area contributed by atoms with E-state index in [1.807, 2.05) is 0 Å². The largest absolute Gasteiger partial charge is 0.468 e. The summed E-state index contributed by atoms with van der Waals surface area (Å²) in [6, 6.07) is 0.113. The molecule has 0 spiro atoms. The summed E-state index contributed by atoms with van der Waals surface area (Å²) in [5.41, 5.74) is 0. The van der Waals surface area contributed by atoms with Crippen molar-refractivity contribution in [3.63, 3.8) is 0 Å². The molecule has 4 nitrogen and oxygen atoms in total. The van der Waals surface area contributed by atoms with E-state index in [1.165, 1.54) is 39.3 Å². The molecule has 4 atom stereocenters. The van der Waals surface area contributed by atoms with E-state index in [2.05, 4.69) is 31.1 Å². The minimum absolute atomic E-state index is 0.142. The molecule has 21 heavy (non-hydrogen) atoms. The van der Waals surface area contributed by atoms with Crippen molar-refractivity contribution in [2.24, 2.45) is 17.8 Å². The average Bonchev–Trinajstić information content (AvgIpc) is 3.04. The van der Waals surface area contributed by atoms with E-state index in [9.17, 15) is 4.79 Å². The fraction of sp³-hybridized carbons (Fsp3) is 0.941. The van der Waals surface area contributed by atoms with Crippen molar-refractivity contribution >= 4 is 5.97 Å². The summed E-state index contributed by atoms with van der Waals surface area (Å²) in [6.45, 7) is 6.27. The van der Waals surface area contributed by atoms with Gasteiger partial charge in [-0.3, -0.25) is 4.79 Å². The van der Waals surface area contributed by atoms with Crippen LogP contribution >= 0.6 is 0 Å². The van der Waals surface area contributed by atoms with Crippen molar-refractivity contribution < 1.29 is 9.53 Å². The highest BCUT2D eigenvalue weighted by Crippen LogP contribution is 2.48. The molecule has 0 aromatic rings. The van der Waals surface area contributed by atoms with E-state index >= 15 is 0 Å². The number of nitrogens with one attached hydrogen (secondary N) is 1. The van der Waals surface area contributed by atoms with Crippen LogP contribution in [0.3, 0.4) is 0 Å². The van der Waals surface area contributed by atoms with Gasteiger partial charge in [0.25, 0.3) is 0 Å². The van der Waals surface area contributed by atoms with Crippen molar-refractivity contribution in [2.75, 3.05) is 27.2 Å². The molecular formula is C17H32N2O2. The lowest BCUT2D eigenvalue weighted by atomic mass is 9.88. The molecule has 2 fully saturated rings. The highest BCUT2D eigenvalue weighted by Gasteiger charge is 2.39. The van der Waals surface area contributed by atoms with E-state index < -0.39 is 0 Å². The maximum Gasteiger partial charge on any atom is 0.322 e. The van der Waals surface area contributed by atoms with E-state index in [-0.39, 0.29) is 12.0 Å². The van der Waals surface area contributed by atoms with Gasteiger partial charge in [-0.05, 0) is 57.0 Å². The van der Waals surface area contributed by atoms with E-state index in [0.717, 1.165) is 30.7 Å². The number of nitrogens with zero attached hydrogens (tertiary/aromatic N) is 1. The zero-order chi connectivity index (χ0) is 15.4. The summed E-state index contributed by atoms with van der Waals surface area (Å²) in [6.07, 6.45) is 6.64. The molecule has 2 saturated carbocycles. The second kappa shape index (κ2) is 7.59. The fourth-order valence-corrected chi connectivity index (χ4v) is 4.26. The summed E-state index contributed by atoms with van der Waals surface area (Å²) in [7, 11) is 3.66. The molecular weight excluding hydrogens is 264 g/mol. The molecule has 4 heteroatoms. The minimum atomic E-state index is -0.183. The first-order chi connectivity index (χ1) is 9.99. The molecule has 122 valence electrons. The van der Waals surface area contributed by atoms with Gasteiger partial charge in [-0.25, -0.2) is 0 Å². The van der Waals surface area contributed by atoms with Gasteiger partial charge in [0.05, 0.1) is 7.11 Å². The Bertz CT molecular complexity index is 346. The molecule has 0 heterocycles. The van der Waals surface area contributed by atoms with Gasteiger partial charge in [0, 0.05) is 12.6 Å². The number of carbonyl (C=O) groups excluding carboxylic acids is 1. The predicted molar refractivity (Wildman–Crippen MR) is 85.1 cm³/mol. The first kappa shape index (κ1) is 16.8. The average molecular weight is 296 g/mol. The quantitative estimate of drug-likeness (QED) is 0.698. The molecule has 2 aliphatic carbocycles. The van der Waals surface area contributed by atoms with E-state index in [1.54, 1.807) is 0 Å². The van der Waals surface area contributed by atoms with Gasteiger partial charge in [0.2, 0.25) is 0 Å². The van der Waals surface area contributed by atoms with Gasteiger partial charge in [-0.15, -0.1) is 0 Å². The third-order valence-corrected chi connectivity index (χ3v) is 5.25. The first-order valence-electron chi connectivity index (χ1n) is 8.52. The molecule has 2 rings (SSSR count). The molecule has 2 bridgehead atoms. The highest BCUT2D eigenvalue weighted by atomic mass is 16.5. The Labute approximate surface area is 129 Å². The summed E-state index contributed by atoms with van der Waals surface area (Å²) >= 11 is 0. The topological polar surface area (TPSA) is 41.6 Å². The number of hydrogen-bond donors (Lipinski definition) is 1. The summed E-state index contributed by atoms with van der Waals surface area (Å²) in [4.78, 5) is 14.2. The normalized spacial score (nSPS) is 29.3. The highest BCUT2D eigenvalue weighted by molar-refractivity contribution is 5.75. The van der Waals surface area contributed by atoms with Gasteiger partial charge in [-0.2, -0.15) is 0 Å². The molecule has 0 aromatic heterocycles. The summed E-state index contributed by atoms with van der Waals surface area (Å²) in [5.74, 6) is 2.74. The van der Waals surface area contributed by atoms with Crippen LogP contribution in [-0.2, 0) is 9.53 Å². The van der Waals surface area contributed by atoms with Crippen LogP contribution in [0, 0.1) is 17.8 Å². The lowest BCUT2D eigenvalue weighted by Crippen LogP contribution is -2.44. The number of fused-ring (bicyclic) bond motifs is 2. The van der Waals surface area contributed by atoms with Crippen molar-refractivity contribution in [2.45, 2.75) is 58.0 Å². The van der Waals surface area contributed by atoms with Crippen molar-refractivity contribution in [1.29, 1.82) is 0 Å². The molecule has 1 N–H and O–H groups in total. The van der Waals surface area contributed by atoms with Gasteiger partial charge < -0.3 is 15.0 Å². The molecule has 0 amide bonds. The van der Waals surface area contributed by atoms with Crippen LogP contribution in [0.15, 0.2) is 0 Å². The van der Waals surface area contributed by atoms with Crippen LogP contribution in [0.5, 0.6) is 0 Å². The Kier molecular flexibility index (Phi) is 6.06. The Morgan fingerprint density at radius 1 is 1.33 bits per heavy atom. The maximum atomic E-state index is 11.8. The van der Waals surface area contributed by atoms with E-state index in [4.69, 9.17) is 4.74 Å². The molecule has 2 aliphatic rings. The van der Waals surface area contributed by atoms with Crippen LogP contribution in [-0.4, -0.2) is 50.2 Å². The second-order valence-corrected chi connectivity index (χ2v) is 7.38. The zero-order valence-corrected chi connectivity index (χ0v) is 14.1. The summed E-state index contributed by atoms with van der Waals surface area (Å²) in [5, 5.41) is 3.31. The Balaban J connectivity index is 1.73. The van der Waals surface area contributed by atoms with E-state index in [0.29, 0.717) is 6.04 Å². The third-order valence-electron chi connectivity index (χ3n) is 5.25. The molecule has 0 aromatic carbocycles. The van der Waals surface area contributed by atoms with Crippen LogP contribution in [0.25, 0.3) is 0 Å². The SMILES string of the molecule is COC(=O)C(CCN(C)CC1CC2CCC1C2)NC(C)C. The number of carbonyl (C=O) groups is 1. The number of hydrogen-bond acceptors (Lipinski definition) is 4. The zero-order valence-electron chi connectivity index (χ0n) is 14.1. The lowest BCUT2D eigenvalue weighted by Gasteiger charge is -2.28. The maximum absolute atomic E-state index is 11.8. The smallest absolute Gasteiger partial charge is 0.322 e. The van der Waals surface area contributed by atoms with Crippen LogP contribution < -0.4 is 5.32 Å². The Morgan fingerprint density at radius 2 is 2.10 bits per heavy atom. The number of esters is 1. The van der Waals surface area contributed by atoms with Crippen LogP contribution in [0.4, 0.5) is 0 Å². The van der Waals surface area contributed by atoms with Crippen molar-refractivity contribution in [3.8, 4) is 0 Å². The number of rotatable bonds is 8. The fourth-order valence-electron chi connectivity index (χ4n) is 4.26. The molecule has 0 radical (unpaired) electrons. The molecule has 4 unspecified atom stereocenters. The first-order valence-corrected chi connectivity index (χ1v) is 8.52. The minimum Gasteiger partial charge on any atom is -0.468 e. The Hall–Kier alpha value is -0.610. The third kappa shape index (κ3) is 4.68. The Morgan fingerprint density at radius 3 is 2.62 bits per heavy atom. The number of ether oxygens (including phenoxy) is 1. The standard InChI is InChI=1S/C17H32N2O2/c1-12(2)18-16(17(20)21-4)7-8-19(3)11-15-10-13-5-6-14(15)9-13/h12-16,18H,5-11H2,1-4H3. The second-order valence-electron chi connectivity index (χ2n) is 7.38.